The lowest BCUT2D eigenvalue weighted by Gasteiger charge is -2.10. The molecule has 1 fully saturated rings. The summed E-state index contributed by atoms with van der Waals surface area (Å²) in [4.78, 5) is 11.8. The predicted molar refractivity (Wildman–Crippen MR) is 91.6 cm³/mol. The average Bonchev–Trinajstić information content (AvgIpc) is 3.41. The van der Waals surface area contributed by atoms with Gasteiger partial charge < -0.3 is 10.1 Å². The number of hydrogen-bond donors (Lipinski definition) is 2. The molecular weight excluding hydrogens is 328 g/mol. The SMILES string of the molecule is COc1cccc(S(=O)(=O)Nc2ccc(NC(=O)C3CC3)cc2)c1. The Balaban J connectivity index is 1.71. The van der Waals surface area contributed by atoms with Gasteiger partial charge in [0.25, 0.3) is 10.0 Å². The number of benzene rings is 2. The largest absolute Gasteiger partial charge is 0.497 e. The van der Waals surface area contributed by atoms with Crippen LogP contribution >= 0.6 is 0 Å². The van der Waals surface area contributed by atoms with Crippen LogP contribution < -0.4 is 14.8 Å². The van der Waals surface area contributed by atoms with Crippen molar-refractivity contribution in [2.45, 2.75) is 17.7 Å². The fourth-order valence-electron chi connectivity index (χ4n) is 2.19. The average molecular weight is 346 g/mol. The number of anilines is 2. The Morgan fingerprint density at radius 2 is 1.75 bits per heavy atom. The molecule has 0 atom stereocenters. The highest BCUT2D eigenvalue weighted by atomic mass is 32.2. The Hall–Kier alpha value is -2.54. The van der Waals surface area contributed by atoms with Crippen LogP contribution in [-0.2, 0) is 14.8 Å². The van der Waals surface area contributed by atoms with E-state index in [1.165, 1.54) is 19.2 Å². The van der Waals surface area contributed by atoms with Crippen molar-refractivity contribution >= 4 is 27.3 Å². The first-order valence-corrected chi connectivity index (χ1v) is 9.04. The molecule has 2 aromatic carbocycles. The van der Waals surface area contributed by atoms with Crippen LogP contribution in [0.15, 0.2) is 53.4 Å². The maximum atomic E-state index is 12.4. The minimum Gasteiger partial charge on any atom is -0.497 e. The maximum absolute atomic E-state index is 12.4. The number of amides is 1. The molecule has 1 aliphatic rings. The van der Waals surface area contributed by atoms with Crippen LogP contribution in [-0.4, -0.2) is 21.4 Å². The van der Waals surface area contributed by atoms with E-state index < -0.39 is 10.0 Å². The quantitative estimate of drug-likeness (QED) is 0.842. The topological polar surface area (TPSA) is 84.5 Å². The third kappa shape index (κ3) is 3.86. The zero-order chi connectivity index (χ0) is 17.2. The van der Waals surface area contributed by atoms with Crippen molar-refractivity contribution in [3.63, 3.8) is 0 Å². The summed E-state index contributed by atoms with van der Waals surface area (Å²) >= 11 is 0. The minimum absolute atomic E-state index is 0.0136. The van der Waals surface area contributed by atoms with Gasteiger partial charge in [-0.2, -0.15) is 0 Å². The Morgan fingerprint density at radius 1 is 1.08 bits per heavy atom. The van der Waals surface area contributed by atoms with E-state index in [4.69, 9.17) is 4.74 Å². The van der Waals surface area contributed by atoms with E-state index in [2.05, 4.69) is 10.0 Å². The van der Waals surface area contributed by atoms with Gasteiger partial charge in [-0.15, -0.1) is 0 Å². The van der Waals surface area contributed by atoms with Crippen molar-refractivity contribution in [3.8, 4) is 5.75 Å². The van der Waals surface area contributed by atoms with Gasteiger partial charge in [0.15, 0.2) is 0 Å². The van der Waals surface area contributed by atoms with E-state index in [1.807, 2.05) is 0 Å². The zero-order valence-electron chi connectivity index (χ0n) is 13.2. The summed E-state index contributed by atoms with van der Waals surface area (Å²) in [6.07, 6.45) is 1.87. The molecule has 3 rings (SSSR count). The molecule has 0 radical (unpaired) electrons. The third-order valence-corrected chi connectivity index (χ3v) is 5.08. The van der Waals surface area contributed by atoms with Crippen molar-refractivity contribution in [1.29, 1.82) is 0 Å². The normalized spacial score (nSPS) is 14.0. The third-order valence-electron chi connectivity index (χ3n) is 3.70. The van der Waals surface area contributed by atoms with Gasteiger partial charge in [0.1, 0.15) is 5.75 Å². The second-order valence-corrected chi connectivity index (χ2v) is 7.31. The van der Waals surface area contributed by atoms with Crippen LogP contribution in [0.4, 0.5) is 11.4 Å². The molecule has 1 amide bonds. The van der Waals surface area contributed by atoms with Gasteiger partial charge in [0, 0.05) is 23.4 Å². The van der Waals surface area contributed by atoms with E-state index >= 15 is 0 Å². The van der Waals surface area contributed by atoms with Crippen LogP contribution in [0.25, 0.3) is 0 Å². The molecule has 2 aromatic rings. The summed E-state index contributed by atoms with van der Waals surface area (Å²) < 4.78 is 32.3. The van der Waals surface area contributed by atoms with Gasteiger partial charge in [-0.05, 0) is 49.2 Å². The molecule has 0 spiro atoms. The highest BCUT2D eigenvalue weighted by Crippen LogP contribution is 2.30. The van der Waals surface area contributed by atoms with Crippen molar-refractivity contribution in [1.82, 2.24) is 0 Å². The van der Waals surface area contributed by atoms with Gasteiger partial charge >= 0.3 is 0 Å². The van der Waals surface area contributed by atoms with Crippen LogP contribution in [0.1, 0.15) is 12.8 Å². The monoisotopic (exact) mass is 346 g/mol. The van der Waals surface area contributed by atoms with Crippen molar-refractivity contribution < 1.29 is 17.9 Å². The summed E-state index contributed by atoms with van der Waals surface area (Å²) in [7, 11) is -2.22. The molecule has 7 heteroatoms. The second-order valence-electron chi connectivity index (χ2n) is 5.63. The van der Waals surface area contributed by atoms with Crippen molar-refractivity contribution in [3.05, 3.63) is 48.5 Å². The number of carbonyl (C=O) groups is 1. The lowest BCUT2D eigenvalue weighted by Crippen LogP contribution is -2.14. The van der Waals surface area contributed by atoms with Crippen molar-refractivity contribution in [2.24, 2.45) is 5.92 Å². The Labute approximate surface area is 140 Å². The zero-order valence-corrected chi connectivity index (χ0v) is 14.0. The van der Waals surface area contributed by atoms with Crippen molar-refractivity contribution in [2.75, 3.05) is 17.1 Å². The van der Waals surface area contributed by atoms with E-state index in [9.17, 15) is 13.2 Å². The fourth-order valence-corrected chi connectivity index (χ4v) is 3.29. The van der Waals surface area contributed by atoms with E-state index in [0.717, 1.165) is 12.8 Å². The number of rotatable bonds is 6. The number of hydrogen-bond acceptors (Lipinski definition) is 4. The molecule has 1 aliphatic carbocycles. The van der Waals surface area contributed by atoms with E-state index in [0.29, 0.717) is 17.1 Å². The maximum Gasteiger partial charge on any atom is 0.262 e. The molecule has 0 aromatic heterocycles. The lowest BCUT2D eigenvalue weighted by molar-refractivity contribution is -0.117. The van der Waals surface area contributed by atoms with Gasteiger partial charge in [0.05, 0.1) is 12.0 Å². The first-order chi connectivity index (χ1) is 11.5. The van der Waals surface area contributed by atoms with Gasteiger partial charge in [-0.25, -0.2) is 8.42 Å². The number of nitrogens with one attached hydrogen (secondary N) is 2. The highest BCUT2D eigenvalue weighted by Gasteiger charge is 2.29. The second kappa shape index (κ2) is 6.52. The standard InChI is InChI=1S/C17H18N2O4S/c1-23-15-3-2-4-16(11-15)24(21,22)19-14-9-7-13(8-10-14)18-17(20)12-5-6-12/h2-4,7-12,19H,5-6H2,1H3,(H,18,20). The summed E-state index contributed by atoms with van der Waals surface area (Å²) in [5.74, 6) is 0.604. The number of methoxy groups -OCH3 is 1. The Morgan fingerprint density at radius 3 is 2.38 bits per heavy atom. The summed E-state index contributed by atoms with van der Waals surface area (Å²) in [6.45, 7) is 0. The van der Waals surface area contributed by atoms with Gasteiger partial charge in [-0.3, -0.25) is 9.52 Å². The highest BCUT2D eigenvalue weighted by molar-refractivity contribution is 7.92. The molecule has 0 aliphatic heterocycles. The van der Waals surface area contributed by atoms with Gasteiger partial charge in [-0.1, -0.05) is 6.07 Å². The summed E-state index contributed by atoms with van der Waals surface area (Å²) in [5.41, 5.74) is 1.07. The summed E-state index contributed by atoms with van der Waals surface area (Å²) in [6, 6.07) is 12.8. The van der Waals surface area contributed by atoms with Gasteiger partial charge in [0.2, 0.25) is 5.91 Å². The first-order valence-electron chi connectivity index (χ1n) is 7.56. The van der Waals surface area contributed by atoms with E-state index in [-0.39, 0.29) is 16.7 Å². The predicted octanol–water partition coefficient (Wildman–Crippen LogP) is 2.84. The van der Waals surface area contributed by atoms with Crippen LogP contribution in [0.5, 0.6) is 5.75 Å². The Kier molecular flexibility index (Phi) is 4.44. The van der Waals surface area contributed by atoms with E-state index in [1.54, 1.807) is 36.4 Å². The molecule has 0 unspecified atom stereocenters. The molecule has 6 nitrogen and oxygen atoms in total. The van der Waals surface area contributed by atoms with Crippen LogP contribution in [0.3, 0.4) is 0 Å². The van der Waals surface area contributed by atoms with Crippen LogP contribution in [0, 0.1) is 5.92 Å². The molecule has 1 saturated carbocycles. The Bertz CT molecular complexity index is 843. The van der Waals surface area contributed by atoms with Crippen LogP contribution in [0.2, 0.25) is 0 Å². The summed E-state index contributed by atoms with van der Waals surface area (Å²) in [5, 5.41) is 2.81. The molecule has 2 N–H and O–H groups in total. The molecule has 0 saturated heterocycles. The molecule has 0 bridgehead atoms. The molecular formula is C17H18N2O4S. The number of ether oxygens (including phenoxy) is 1. The first kappa shape index (κ1) is 16.3. The molecule has 126 valence electrons. The minimum atomic E-state index is -3.70. The molecule has 0 heterocycles. The fraction of sp³-hybridized carbons (Fsp3) is 0.235. The number of sulfonamides is 1. The number of carbonyl (C=O) groups excluding carboxylic acids is 1. The molecule has 24 heavy (non-hydrogen) atoms. The lowest BCUT2D eigenvalue weighted by atomic mass is 10.2. The smallest absolute Gasteiger partial charge is 0.262 e.